The molecule has 1 aliphatic rings. The highest BCUT2D eigenvalue weighted by Gasteiger charge is 2.30. The van der Waals surface area contributed by atoms with E-state index in [1.54, 1.807) is 7.11 Å². The lowest BCUT2D eigenvalue weighted by Gasteiger charge is -2.42. The Labute approximate surface area is 181 Å². The molecule has 1 aliphatic heterocycles. The fourth-order valence-corrected chi connectivity index (χ4v) is 3.47. The normalized spacial score (nSPS) is 18.4. The molecule has 156 valence electrons. The summed E-state index contributed by atoms with van der Waals surface area (Å²) in [5.41, 5.74) is 9.12. The van der Waals surface area contributed by atoms with Gasteiger partial charge in [0.25, 0.3) is 5.91 Å². The summed E-state index contributed by atoms with van der Waals surface area (Å²) >= 11 is 4.29. The van der Waals surface area contributed by atoms with Crippen LogP contribution in [0.15, 0.2) is 18.2 Å². The van der Waals surface area contributed by atoms with Crippen molar-refractivity contribution >= 4 is 43.4 Å². The zero-order chi connectivity index (χ0) is 18.4. The quantitative estimate of drug-likeness (QED) is 0.643. The maximum Gasteiger partial charge on any atom is 0.254 e. The summed E-state index contributed by atoms with van der Waals surface area (Å²) in [5, 5.41) is 0. The van der Waals surface area contributed by atoms with Crippen LogP contribution in [0.2, 0.25) is 0 Å². The van der Waals surface area contributed by atoms with Crippen molar-refractivity contribution in [3.63, 3.8) is 0 Å². The van der Waals surface area contributed by atoms with Crippen LogP contribution in [-0.4, -0.2) is 73.4 Å². The van der Waals surface area contributed by atoms with Crippen LogP contribution in [0.4, 0.5) is 0 Å². The number of carbonyl (C=O) groups excluding carboxylic acids is 1. The molecule has 1 amide bonds. The summed E-state index contributed by atoms with van der Waals surface area (Å²) in [6.45, 7) is 7.85. The summed E-state index contributed by atoms with van der Waals surface area (Å²) in [5.74, 6) is 0.792. The number of aryl methyl sites for hydroxylation is 1. The molecular formula is C19H33Cl2N3O2S. The van der Waals surface area contributed by atoms with Crippen molar-refractivity contribution in [2.45, 2.75) is 32.4 Å². The van der Waals surface area contributed by atoms with Crippen molar-refractivity contribution in [3.05, 3.63) is 34.9 Å². The third kappa shape index (κ3) is 7.11. The van der Waals surface area contributed by atoms with Crippen LogP contribution < -0.4 is 5.73 Å². The summed E-state index contributed by atoms with van der Waals surface area (Å²) in [6.07, 6.45) is 0.895. The molecule has 0 radical (unpaired) electrons. The fourth-order valence-electron chi connectivity index (χ4n) is 3.36. The average molecular weight is 438 g/mol. The average Bonchev–Trinajstić information content (AvgIpc) is 2.62. The minimum Gasteiger partial charge on any atom is -0.385 e. The van der Waals surface area contributed by atoms with Crippen LogP contribution in [0.25, 0.3) is 0 Å². The van der Waals surface area contributed by atoms with Gasteiger partial charge in [0.15, 0.2) is 0 Å². The Hall–Kier alpha value is -0.500. The maximum absolute atomic E-state index is 13.0. The van der Waals surface area contributed by atoms with E-state index in [9.17, 15) is 4.79 Å². The molecule has 0 aliphatic carbocycles. The van der Waals surface area contributed by atoms with Crippen LogP contribution in [0.1, 0.15) is 27.9 Å². The van der Waals surface area contributed by atoms with Crippen LogP contribution in [-0.2, 0) is 4.74 Å². The van der Waals surface area contributed by atoms with E-state index in [1.165, 1.54) is 0 Å². The summed E-state index contributed by atoms with van der Waals surface area (Å²) in [6, 6.07) is 6.26. The number of nitrogens with two attached hydrogens (primary N) is 1. The van der Waals surface area contributed by atoms with Gasteiger partial charge in [0.1, 0.15) is 0 Å². The van der Waals surface area contributed by atoms with Crippen molar-refractivity contribution < 1.29 is 9.53 Å². The van der Waals surface area contributed by atoms with Crippen LogP contribution in [0.5, 0.6) is 0 Å². The van der Waals surface area contributed by atoms with Gasteiger partial charge in [0.05, 0.1) is 0 Å². The van der Waals surface area contributed by atoms with Crippen LogP contribution in [0, 0.1) is 13.8 Å². The first-order chi connectivity index (χ1) is 12.0. The molecule has 2 rings (SSSR count). The number of carbonyl (C=O) groups is 1. The van der Waals surface area contributed by atoms with E-state index < -0.39 is 0 Å². The number of methoxy groups -OCH3 is 1. The van der Waals surface area contributed by atoms with Gasteiger partial charge in [-0.3, -0.25) is 9.69 Å². The summed E-state index contributed by atoms with van der Waals surface area (Å²) in [7, 11) is 1.71. The predicted octanol–water partition coefficient (Wildman–Crippen LogP) is 2.57. The molecule has 1 heterocycles. The van der Waals surface area contributed by atoms with Gasteiger partial charge >= 0.3 is 0 Å². The number of thiol groups is 1. The molecule has 2 atom stereocenters. The van der Waals surface area contributed by atoms with Gasteiger partial charge in [-0.1, -0.05) is 12.1 Å². The van der Waals surface area contributed by atoms with Crippen LogP contribution in [0.3, 0.4) is 0 Å². The van der Waals surface area contributed by atoms with Crippen LogP contribution >= 0.6 is 37.4 Å². The highest BCUT2D eigenvalue weighted by molar-refractivity contribution is 7.80. The lowest BCUT2D eigenvalue weighted by molar-refractivity contribution is 0.0382. The molecule has 0 unspecified atom stereocenters. The number of benzene rings is 1. The SMILES string of the molecule is COCC[C@H]1CN(C(=O)c2cccc(C)c2C)CCN1C[C@@H](N)CS.Cl.Cl. The van der Waals surface area contributed by atoms with E-state index in [0.29, 0.717) is 12.4 Å². The third-order valence-electron chi connectivity index (χ3n) is 5.09. The first-order valence-electron chi connectivity index (χ1n) is 8.92. The maximum atomic E-state index is 13.0. The van der Waals surface area contributed by atoms with E-state index in [1.807, 2.05) is 36.9 Å². The Bertz CT molecular complexity index is 592. The molecule has 5 nitrogen and oxygen atoms in total. The smallest absolute Gasteiger partial charge is 0.254 e. The Morgan fingerprint density at radius 3 is 2.67 bits per heavy atom. The molecule has 1 saturated heterocycles. The molecule has 0 saturated carbocycles. The second-order valence-electron chi connectivity index (χ2n) is 6.87. The topological polar surface area (TPSA) is 58.8 Å². The second kappa shape index (κ2) is 12.9. The van der Waals surface area contributed by atoms with Gasteiger partial charge in [-0.15, -0.1) is 24.8 Å². The van der Waals surface area contributed by atoms with Gasteiger partial charge in [-0.25, -0.2) is 0 Å². The van der Waals surface area contributed by atoms with E-state index in [2.05, 4.69) is 17.5 Å². The molecule has 1 aromatic rings. The summed E-state index contributed by atoms with van der Waals surface area (Å²) in [4.78, 5) is 17.4. The minimum atomic E-state index is 0. The molecule has 0 aromatic heterocycles. The van der Waals surface area contributed by atoms with E-state index in [0.717, 1.165) is 49.3 Å². The zero-order valence-electron chi connectivity index (χ0n) is 16.4. The van der Waals surface area contributed by atoms with Gasteiger partial charge in [0, 0.05) is 63.3 Å². The van der Waals surface area contributed by atoms with E-state index in [4.69, 9.17) is 10.5 Å². The molecule has 0 bridgehead atoms. The first-order valence-corrected chi connectivity index (χ1v) is 9.56. The second-order valence-corrected chi connectivity index (χ2v) is 7.24. The lowest BCUT2D eigenvalue weighted by atomic mass is 10.0. The van der Waals surface area contributed by atoms with Gasteiger partial charge in [-0.05, 0) is 37.5 Å². The van der Waals surface area contributed by atoms with E-state index in [-0.39, 0.29) is 42.8 Å². The number of hydrogen-bond acceptors (Lipinski definition) is 5. The predicted molar refractivity (Wildman–Crippen MR) is 120 cm³/mol. The minimum absolute atomic E-state index is 0. The molecule has 2 N–H and O–H groups in total. The first kappa shape index (κ1) is 26.5. The Morgan fingerprint density at radius 2 is 2.04 bits per heavy atom. The number of ether oxygens (including phenoxy) is 1. The molecule has 1 aromatic carbocycles. The number of nitrogens with zero attached hydrogens (tertiary/aromatic N) is 2. The fraction of sp³-hybridized carbons (Fsp3) is 0.632. The lowest BCUT2D eigenvalue weighted by Crippen LogP contribution is -2.57. The Balaban J connectivity index is 0.00000338. The number of piperazine rings is 1. The molecular weight excluding hydrogens is 405 g/mol. The van der Waals surface area contributed by atoms with Gasteiger partial charge in [-0.2, -0.15) is 12.6 Å². The molecule has 0 spiro atoms. The summed E-state index contributed by atoms with van der Waals surface area (Å²) < 4.78 is 5.26. The Kier molecular flexibility index (Phi) is 12.6. The Morgan fingerprint density at radius 1 is 1.33 bits per heavy atom. The molecule has 27 heavy (non-hydrogen) atoms. The van der Waals surface area contributed by atoms with Crippen molar-refractivity contribution in [2.24, 2.45) is 5.73 Å². The monoisotopic (exact) mass is 437 g/mol. The van der Waals surface area contributed by atoms with Crippen molar-refractivity contribution in [3.8, 4) is 0 Å². The zero-order valence-corrected chi connectivity index (χ0v) is 18.9. The van der Waals surface area contributed by atoms with Crippen molar-refractivity contribution in [2.75, 3.05) is 45.6 Å². The number of amides is 1. The number of rotatable bonds is 7. The van der Waals surface area contributed by atoms with Gasteiger partial charge in [0.2, 0.25) is 0 Å². The highest BCUT2D eigenvalue weighted by atomic mass is 35.5. The molecule has 8 heteroatoms. The number of halogens is 2. The highest BCUT2D eigenvalue weighted by Crippen LogP contribution is 2.19. The van der Waals surface area contributed by atoms with Gasteiger partial charge < -0.3 is 15.4 Å². The third-order valence-corrected chi connectivity index (χ3v) is 5.55. The number of hydrogen-bond donors (Lipinski definition) is 2. The van der Waals surface area contributed by atoms with Crippen molar-refractivity contribution in [1.29, 1.82) is 0 Å². The van der Waals surface area contributed by atoms with Crippen molar-refractivity contribution in [1.82, 2.24) is 9.80 Å². The van der Waals surface area contributed by atoms with E-state index >= 15 is 0 Å². The standard InChI is InChI=1S/C19H31N3O2S.2ClH/c1-14-5-4-6-18(15(14)2)19(23)22-9-8-21(11-16(20)13-25)17(12-22)7-10-24-3;;/h4-6,16-17,25H,7-13,20H2,1-3H3;2*1H/t16-,17+;;/m1../s1. The largest absolute Gasteiger partial charge is 0.385 e. The molecule has 1 fully saturated rings.